The van der Waals surface area contributed by atoms with Crippen molar-refractivity contribution in [2.24, 2.45) is 0 Å². The number of carbonyl (C=O) groups excluding carboxylic acids is 1. The Hall–Kier alpha value is -2.59. The highest BCUT2D eigenvalue weighted by Crippen LogP contribution is 2.23. The molecule has 3 aromatic rings. The Balaban J connectivity index is 1.69. The predicted molar refractivity (Wildman–Crippen MR) is 103 cm³/mol. The molecular weight excluding hydrogens is 348 g/mol. The van der Waals surface area contributed by atoms with Gasteiger partial charge in [-0.2, -0.15) is 0 Å². The van der Waals surface area contributed by atoms with Crippen LogP contribution in [0.5, 0.6) is 0 Å². The summed E-state index contributed by atoms with van der Waals surface area (Å²) in [7, 11) is 0. The number of halogens is 1. The minimum absolute atomic E-state index is 0.0550. The van der Waals surface area contributed by atoms with E-state index in [0.717, 1.165) is 17.5 Å². The molecule has 0 fully saturated rings. The van der Waals surface area contributed by atoms with Crippen molar-refractivity contribution in [1.29, 1.82) is 0 Å². The van der Waals surface area contributed by atoms with Gasteiger partial charge >= 0.3 is 0 Å². The number of aromatic nitrogens is 1. The molecule has 0 spiro atoms. The molecule has 2 aromatic carbocycles. The van der Waals surface area contributed by atoms with Crippen LogP contribution in [0.2, 0.25) is 5.02 Å². The van der Waals surface area contributed by atoms with Crippen molar-refractivity contribution in [3.8, 4) is 11.5 Å². The van der Waals surface area contributed by atoms with Crippen LogP contribution in [-0.4, -0.2) is 10.9 Å². The zero-order valence-corrected chi connectivity index (χ0v) is 15.6. The molecule has 1 amide bonds. The molecule has 0 unspecified atom stereocenters. The van der Waals surface area contributed by atoms with Gasteiger partial charge in [-0.05, 0) is 43.2 Å². The van der Waals surface area contributed by atoms with Gasteiger partial charge in [0.1, 0.15) is 5.76 Å². The van der Waals surface area contributed by atoms with E-state index < -0.39 is 0 Å². The van der Waals surface area contributed by atoms with E-state index in [4.69, 9.17) is 16.0 Å². The highest BCUT2D eigenvalue weighted by Gasteiger charge is 2.17. The molecule has 0 aliphatic carbocycles. The van der Waals surface area contributed by atoms with Crippen molar-refractivity contribution in [3.63, 3.8) is 0 Å². The Morgan fingerprint density at radius 2 is 1.85 bits per heavy atom. The maximum atomic E-state index is 12.5. The molecule has 0 radical (unpaired) electrons. The van der Waals surface area contributed by atoms with Gasteiger partial charge in [0.2, 0.25) is 11.8 Å². The number of aryl methyl sites for hydroxylation is 1. The van der Waals surface area contributed by atoms with E-state index in [-0.39, 0.29) is 18.4 Å². The fourth-order valence-electron chi connectivity index (χ4n) is 2.81. The molecule has 1 heterocycles. The molecule has 1 atom stereocenters. The van der Waals surface area contributed by atoms with Crippen LogP contribution in [0.3, 0.4) is 0 Å². The number of hydrogen-bond acceptors (Lipinski definition) is 3. The number of rotatable bonds is 6. The van der Waals surface area contributed by atoms with Gasteiger partial charge in [0.05, 0.1) is 18.2 Å². The zero-order chi connectivity index (χ0) is 18.5. The van der Waals surface area contributed by atoms with Crippen molar-refractivity contribution in [2.45, 2.75) is 32.7 Å². The summed E-state index contributed by atoms with van der Waals surface area (Å²) in [6, 6.07) is 17.1. The summed E-state index contributed by atoms with van der Waals surface area (Å²) in [5, 5.41) is 3.75. The number of benzene rings is 2. The second-order valence-corrected chi connectivity index (χ2v) is 6.58. The summed E-state index contributed by atoms with van der Waals surface area (Å²) in [4.78, 5) is 17.0. The lowest BCUT2D eigenvalue weighted by Gasteiger charge is -2.17. The largest absolute Gasteiger partial charge is 0.441 e. The zero-order valence-electron chi connectivity index (χ0n) is 14.8. The standard InChI is InChI=1S/C21H21ClN2O2/c1-3-18(15-9-11-17(22)12-10-15)23-20(25)13-19-14(2)26-21(24-19)16-7-5-4-6-8-16/h4-12,18H,3,13H2,1-2H3,(H,23,25)/t18-/m0/s1. The molecule has 3 rings (SSSR count). The first kappa shape index (κ1) is 18.2. The molecule has 4 nitrogen and oxygen atoms in total. The molecule has 134 valence electrons. The van der Waals surface area contributed by atoms with Gasteiger partial charge in [-0.1, -0.05) is 48.9 Å². The van der Waals surface area contributed by atoms with E-state index >= 15 is 0 Å². The Morgan fingerprint density at radius 3 is 2.50 bits per heavy atom. The van der Waals surface area contributed by atoms with Crippen molar-refractivity contribution < 1.29 is 9.21 Å². The molecule has 1 aromatic heterocycles. The van der Waals surface area contributed by atoms with Gasteiger partial charge in [0.15, 0.2) is 0 Å². The third kappa shape index (κ3) is 4.33. The summed E-state index contributed by atoms with van der Waals surface area (Å²) < 4.78 is 5.72. The van der Waals surface area contributed by atoms with Crippen molar-refractivity contribution in [3.05, 3.63) is 76.6 Å². The summed E-state index contributed by atoms with van der Waals surface area (Å²) in [5.41, 5.74) is 2.59. The van der Waals surface area contributed by atoms with E-state index in [1.807, 2.05) is 68.4 Å². The van der Waals surface area contributed by atoms with Crippen LogP contribution in [0, 0.1) is 6.92 Å². The van der Waals surface area contributed by atoms with Gasteiger partial charge in [-0.15, -0.1) is 0 Å². The molecule has 5 heteroatoms. The Kier molecular flexibility index (Phi) is 5.74. The highest BCUT2D eigenvalue weighted by molar-refractivity contribution is 6.30. The first-order chi connectivity index (χ1) is 12.6. The maximum Gasteiger partial charge on any atom is 0.226 e. The van der Waals surface area contributed by atoms with Crippen LogP contribution in [0.15, 0.2) is 59.0 Å². The second kappa shape index (κ2) is 8.19. The quantitative estimate of drug-likeness (QED) is 0.657. The average Bonchev–Trinajstić information content (AvgIpc) is 3.02. The average molecular weight is 369 g/mol. The first-order valence-electron chi connectivity index (χ1n) is 8.63. The van der Waals surface area contributed by atoms with E-state index in [9.17, 15) is 4.79 Å². The molecule has 0 aliphatic heterocycles. The normalized spacial score (nSPS) is 12.0. The summed E-state index contributed by atoms with van der Waals surface area (Å²) >= 11 is 5.94. The SMILES string of the molecule is CC[C@H](NC(=O)Cc1nc(-c2ccccc2)oc1C)c1ccc(Cl)cc1. The molecular formula is C21H21ClN2O2. The fraction of sp³-hybridized carbons (Fsp3) is 0.238. The smallest absolute Gasteiger partial charge is 0.226 e. The summed E-state index contributed by atoms with van der Waals surface area (Å²) in [6.45, 7) is 3.87. The van der Waals surface area contributed by atoms with Crippen LogP contribution < -0.4 is 5.32 Å². The minimum Gasteiger partial charge on any atom is -0.441 e. The van der Waals surface area contributed by atoms with E-state index in [1.165, 1.54) is 0 Å². The number of carbonyl (C=O) groups is 1. The summed E-state index contributed by atoms with van der Waals surface area (Å²) in [6.07, 6.45) is 0.979. The van der Waals surface area contributed by atoms with Crippen molar-refractivity contribution >= 4 is 17.5 Å². The van der Waals surface area contributed by atoms with Gasteiger partial charge in [-0.3, -0.25) is 4.79 Å². The Labute approximate surface area is 158 Å². The number of hydrogen-bond donors (Lipinski definition) is 1. The Morgan fingerprint density at radius 1 is 1.15 bits per heavy atom. The van der Waals surface area contributed by atoms with Gasteiger partial charge in [0, 0.05) is 10.6 Å². The predicted octanol–water partition coefficient (Wildman–Crippen LogP) is 5.11. The number of nitrogens with zero attached hydrogens (tertiary/aromatic N) is 1. The number of oxazole rings is 1. The molecule has 0 aliphatic rings. The van der Waals surface area contributed by atoms with Gasteiger partial charge < -0.3 is 9.73 Å². The van der Waals surface area contributed by atoms with Crippen LogP contribution in [0.4, 0.5) is 0 Å². The van der Waals surface area contributed by atoms with Crippen LogP contribution >= 0.6 is 11.6 Å². The van der Waals surface area contributed by atoms with Crippen LogP contribution in [-0.2, 0) is 11.2 Å². The lowest BCUT2D eigenvalue weighted by Crippen LogP contribution is -2.29. The lowest BCUT2D eigenvalue weighted by atomic mass is 10.0. The third-order valence-electron chi connectivity index (χ3n) is 4.26. The first-order valence-corrected chi connectivity index (χ1v) is 9.01. The number of amides is 1. The van der Waals surface area contributed by atoms with E-state index in [1.54, 1.807) is 0 Å². The lowest BCUT2D eigenvalue weighted by molar-refractivity contribution is -0.121. The molecule has 0 bridgehead atoms. The minimum atomic E-state index is -0.0807. The van der Waals surface area contributed by atoms with Crippen LogP contribution in [0.1, 0.15) is 36.4 Å². The summed E-state index contributed by atoms with van der Waals surface area (Å²) in [5.74, 6) is 1.12. The second-order valence-electron chi connectivity index (χ2n) is 6.14. The van der Waals surface area contributed by atoms with E-state index in [0.29, 0.717) is 22.4 Å². The number of nitrogens with one attached hydrogen (secondary N) is 1. The van der Waals surface area contributed by atoms with Crippen molar-refractivity contribution in [2.75, 3.05) is 0 Å². The molecule has 0 saturated heterocycles. The highest BCUT2D eigenvalue weighted by atomic mass is 35.5. The van der Waals surface area contributed by atoms with Gasteiger partial charge in [-0.25, -0.2) is 4.98 Å². The molecule has 1 N–H and O–H groups in total. The van der Waals surface area contributed by atoms with Gasteiger partial charge in [0.25, 0.3) is 0 Å². The Bertz CT molecular complexity index is 873. The fourth-order valence-corrected chi connectivity index (χ4v) is 2.94. The van der Waals surface area contributed by atoms with Crippen LogP contribution in [0.25, 0.3) is 11.5 Å². The third-order valence-corrected chi connectivity index (χ3v) is 4.51. The molecule has 26 heavy (non-hydrogen) atoms. The van der Waals surface area contributed by atoms with Crippen molar-refractivity contribution in [1.82, 2.24) is 10.3 Å². The van der Waals surface area contributed by atoms with E-state index in [2.05, 4.69) is 10.3 Å². The molecule has 0 saturated carbocycles. The maximum absolute atomic E-state index is 12.5. The topological polar surface area (TPSA) is 55.1 Å². The monoisotopic (exact) mass is 368 g/mol.